The second kappa shape index (κ2) is 8.41. The van der Waals surface area contributed by atoms with E-state index >= 15 is 0 Å². The molecule has 2 amide bonds. The summed E-state index contributed by atoms with van der Waals surface area (Å²) >= 11 is 0. The lowest BCUT2D eigenvalue weighted by Gasteiger charge is -2.32. The number of likely N-dealkylation sites (tertiary alicyclic amines) is 1. The summed E-state index contributed by atoms with van der Waals surface area (Å²) in [5.41, 5.74) is 2.81. The molecule has 0 aliphatic carbocycles. The van der Waals surface area contributed by atoms with Crippen molar-refractivity contribution in [3.05, 3.63) is 54.4 Å². The number of alkyl halides is 3. The van der Waals surface area contributed by atoms with Crippen LogP contribution < -0.4 is 5.32 Å². The van der Waals surface area contributed by atoms with Crippen molar-refractivity contribution in [1.82, 2.24) is 15.2 Å². The van der Waals surface area contributed by atoms with Gasteiger partial charge in [0.05, 0.1) is 12.0 Å². The van der Waals surface area contributed by atoms with Crippen molar-refractivity contribution >= 4 is 22.8 Å². The van der Waals surface area contributed by atoms with E-state index in [1.165, 1.54) is 4.90 Å². The van der Waals surface area contributed by atoms with E-state index in [1.807, 2.05) is 18.2 Å². The average molecular weight is 431 g/mol. The van der Waals surface area contributed by atoms with E-state index < -0.39 is 18.5 Å². The van der Waals surface area contributed by atoms with Gasteiger partial charge in [0.15, 0.2) is 0 Å². The first-order valence-electron chi connectivity index (χ1n) is 9.88. The quantitative estimate of drug-likeness (QED) is 0.673. The zero-order valence-electron chi connectivity index (χ0n) is 16.5. The van der Waals surface area contributed by atoms with Gasteiger partial charge in [0.25, 0.3) is 5.91 Å². The maximum Gasteiger partial charge on any atom is 0.397 e. The first-order valence-corrected chi connectivity index (χ1v) is 9.88. The molecule has 162 valence electrons. The molecule has 1 aromatic carbocycles. The van der Waals surface area contributed by atoms with Crippen LogP contribution in [0.1, 0.15) is 29.6 Å². The third-order valence-electron chi connectivity index (χ3n) is 5.33. The Hall–Kier alpha value is -3.36. The summed E-state index contributed by atoms with van der Waals surface area (Å²) in [5.74, 6) is -1.18. The Morgan fingerprint density at radius 3 is 2.48 bits per heavy atom. The van der Waals surface area contributed by atoms with Gasteiger partial charge in [-0.05, 0) is 37.1 Å². The number of nitrogens with zero attached hydrogens (tertiary/aromatic N) is 2. The van der Waals surface area contributed by atoms with Crippen molar-refractivity contribution in [2.24, 2.45) is 0 Å². The maximum absolute atomic E-state index is 12.6. The monoisotopic (exact) mass is 431 g/mol. The first kappa shape index (κ1) is 20.9. The number of amides is 2. The number of pyridine rings is 1. The van der Waals surface area contributed by atoms with E-state index in [0.717, 1.165) is 22.2 Å². The third kappa shape index (κ3) is 4.87. The van der Waals surface area contributed by atoms with Gasteiger partial charge in [0.1, 0.15) is 12.0 Å². The Kier molecular flexibility index (Phi) is 5.67. The molecule has 0 radical (unpaired) electrons. The van der Waals surface area contributed by atoms with Crippen LogP contribution in [0.4, 0.5) is 13.2 Å². The predicted octanol–water partition coefficient (Wildman–Crippen LogP) is 4.17. The lowest BCUT2D eigenvalue weighted by molar-refractivity contribution is -0.162. The number of fused-ring (bicyclic) bond motifs is 1. The molecule has 2 aromatic heterocycles. The second-order valence-corrected chi connectivity index (χ2v) is 7.49. The summed E-state index contributed by atoms with van der Waals surface area (Å²) in [6, 6.07) is 10.4. The van der Waals surface area contributed by atoms with Crippen LogP contribution in [0, 0.1) is 0 Å². The third-order valence-corrected chi connectivity index (χ3v) is 5.33. The standard InChI is InChI=1S/C22H20F3N3O3/c23-22(24,25)13-19(29)28-10-6-16(7-11-28)27-21(30)15-3-1-14(2-4-15)20-17-8-12-31-18(17)5-9-26-20/h1-5,8-9,12,16H,6-7,10-11,13H2,(H,27,30). The van der Waals surface area contributed by atoms with Crippen LogP contribution in [0.5, 0.6) is 0 Å². The topological polar surface area (TPSA) is 75.4 Å². The van der Waals surface area contributed by atoms with Crippen molar-refractivity contribution in [2.75, 3.05) is 13.1 Å². The smallest absolute Gasteiger partial charge is 0.397 e. The highest BCUT2D eigenvalue weighted by atomic mass is 19.4. The van der Waals surface area contributed by atoms with E-state index in [1.54, 1.807) is 30.7 Å². The van der Waals surface area contributed by atoms with Gasteiger partial charge in [-0.25, -0.2) is 0 Å². The number of aromatic nitrogens is 1. The van der Waals surface area contributed by atoms with Crippen LogP contribution >= 0.6 is 0 Å². The molecule has 31 heavy (non-hydrogen) atoms. The lowest BCUT2D eigenvalue weighted by Crippen LogP contribution is -2.47. The van der Waals surface area contributed by atoms with Crippen molar-refractivity contribution in [2.45, 2.75) is 31.5 Å². The number of carbonyl (C=O) groups excluding carboxylic acids is 2. The zero-order chi connectivity index (χ0) is 22.0. The Labute approximate surface area is 176 Å². The molecule has 0 bridgehead atoms. The van der Waals surface area contributed by atoms with Crippen molar-refractivity contribution < 1.29 is 27.2 Å². The predicted molar refractivity (Wildman–Crippen MR) is 107 cm³/mol. The second-order valence-electron chi connectivity index (χ2n) is 7.49. The molecule has 0 unspecified atom stereocenters. The van der Waals surface area contributed by atoms with Crippen LogP contribution in [0.15, 0.2) is 53.3 Å². The van der Waals surface area contributed by atoms with Gasteiger partial charge in [0, 0.05) is 41.8 Å². The molecule has 3 heterocycles. The molecular formula is C22H20F3N3O3. The fraction of sp³-hybridized carbons (Fsp3) is 0.318. The molecule has 1 aliphatic rings. The summed E-state index contributed by atoms with van der Waals surface area (Å²) < 4.78 is 42.5. The Balaban J connectivity index is 1.35. The summed E-state index contributed by atoms with van der Waals surface area (Å²) in [5, 5.41) is 3.78. The SMILES string of the molecule is O=C(NC1CCN(C(=O)CC(F)(F)F)CC1)c1ccc(-c2nccc3occc23)cc1. The van der Waals surface area contributed by atoms with Gasteiger partial charge < -0.3 is 14.6 Å². The number of benzene rings is 1. The van der Waals surface area contributed by atoms with Crippen molar-refractivity contribution in [1.29, 1.82) is 0 Å². The number of hydrogen-bond acceptors (Lipinski definition) is 4. The number of furan rings is 1. The Bertz CT molecular complexity index is 1080. The molecule has 3 aromatic rings. The van der Waals surface area contributed by atoms with Gasteiger partial charge >= 0.3 is 6.18 Å². The number of carbonyl (C=O) groups is 2. The molecule has 0 saturated carbocycles. The van der Waals surface area contributed by atoms with Crippen molar-refractivity contribution in [3.8, 4) is 11.3 Å². The molecule has 9 heteroatoms. The molecule has 0 atom stereocenters. The highest BCUT2D eigenvalue weighted by Crippen LogP contribution is 2.27. The minimum atomic E-state index is -4.51. The van der Waals surface area contributed by atoms with Gasteiger partial charge in [0.2, 0.25) is 5.91 Å². The van der Waals surface area contributed by atoms with Crippen LogP contribution in [0.25, 0.3) is 22.2 Å². The molecule has 1 aliphatic heterocycles. The first-order chi connectivity index (χ1) is 14.8. The number of piperidine rings is 1. The highest BCUT2D eigenvalue weighted by molar-refractivity contribution is 5.96. The molecule has 6 nitrogen and oxygen atoms in total. The summed E-state index contributed by atoms with van der Waals surface area (Å²) in [7, 11) is 0. The normalized spacial score (nSPS) is 15.3. The summed E-state index contributed by atoms with van der Waals surface area (Å²) in [4.78, 5) is 29.8. The van der Waals surface area contributed by atoms with E-state index in [-0.39, 0.29) is 25.0 Å². The van der Waals surface area contributed by atoms with Gasteiger partial charge in [-0.2, -0.15) is 13.2 Å². The molecule has 4 rings (SSSR count). The number of hydrogen-bond donors (Lipinski definition) is 1. The molecular weight excluding hydrogens is 411 g/mol. The maximum atomic E-state index is 12.6. The fourth-order valence-electron chi connectivity index (χ4n) is 3.73. The summed E-state index contributed by atoms with van der Waals surface area (Å²) in [6.45, 7) is 0.387. The minimum Gasteiger partial charge on any atom is -0.464 e. The lowest BCUT2D eigenvalue weighted by atomic mass is 10.0. The van der Waals surface area contributed by atoms with Gasteiger partial charge in [-0.1, -0.05) is 12.1 Å². The van der Waals surface area contributed by atoms with E-state index in [4.69, 9.17) is 4.42 Å². The van der Waals surface area contributed by atoms with Crippen LogP contribution in [-0.4, -0.2) is 47.0 Å². The van der Waals surface area contributed by atoms with E-state index in [2.05, 4.69) is 10.3 Å². The summed E-state index contributed by atoms with van der Waals surface area (Å²) in [6.07, 6.45) is -1.86. The Morgan fingerprint density at radius 1 is 1.10 bits per heavy atom. The number of rotatable bonds is 4. The average Bonchev–Trinajstić information content (AvgIpc) is 3.22. The Morgan fingerprint density at radius 2 is 1.81 bits per heavy atom. The largest absolute Gasteiger partial charge is 0.464 e. The number of nitrogens with one attached hydrogen (secondary N) is 1. The van der Waals surface area contributed by atoms with Crippen LogP contribution in [0.3, 0.4) is 0 Å². The fourth-order valence-corrected chi connectivity index (χ4v) is 3.73. The van der Waals surface area contributed by atoms with E-state index in [0.29, 0.717) is 18.4 Å². The van der Waals surface area contributed by atoms with Gasteiger partial charge in [-0.3, -0.25) is 14.6 Å². The van der Waals surface area contributed by atoms with Crippen LogP contribution in [-0.2, 0) is 4.79 Å². The zero-order valence-corrected chi connectivity index (χ0v) is 16.5. The molecule has 1 saturated heterocycles. The molecule has 1 N–H and O–H groups in total. The van der Waals surface area contributed by atoms with Crippen LogP contribution in [0.2, 0.25) is 0 Å². The van der Waals surface area contributed by atoms with Crippen molar-refractivity contribution in [3.63, 3.8) is 0 Å². The molecule has 1 fully saturated rings. The van der Waals surface area contributed by atoms with E-state index in [9.17, 15) is 22.8 Å². The highest BCUT2D eigenvalue weighted by Gasteiger charge is 2.34. The minimum absolute atomic E-state index is 0.191. The van der Waals surface area contributed by atoms with Gasteiger partial charge in [-0.15, -0.1) is 0 Å². The molecule has 0 spiro atoms. The number of halogens is 3.